The van der Waals surface area contributed by atoms with Gasteiger partial charge in [-0.3, -0.25) is 4.79 Å². The van der Waals surface area contributed by atoms with E-state index in [1.807, 2.05) is 6.07 Å². The lowest BCUT2D eigenvalue weighted by molar-refractivity contribution is -0.111. The number of anilines is 1. The quantitative estimate of drug-likeness (QED) is 0.675. The van der Waals surface area contributed by atoms with Crippen molar-refractivity contribution < 1.29 is 19.0 Å². The van der Waals surface area contributed by atoms with E-state index in [2.05, 4.69) is 21.2 Å². The summed E-state index contributed by atoms with van der Waals surface area (Å²) < 4.78 is 16.3. The average Bonchev–Trinajstić information content (AvgIpc) is 2.59. The van der Waals surface area contributed by atoms with E-state index in [-0.39, 0.29) is 5.91 Å². The third-order valence-electron chi connectivity index (χ3n) is 3.30. The van der Waals surface area contributed by atoms with Crippen LogP contribution in [-0.4, -0.2) is 27.2 Å². The molecule has 0 aliphatic heterocycles. The molecule has 0 saturated heterocycles. The lowest BCUT2D eigenvalue weighted by Crippen LogP contribution is -2.07. The number of hydrogen-bond acceptors (Lipinski definition) is 4. The molecule has 0 saturated carbocycles. The number of nitrogens with one attached hydrogen (secondary N) is 1. The summed E-state index contributed by atoms with van der Waals surface area (Å²) in [5, 5.41) is 3.16. The molecule has 0 fully saturated rings. The Morgan fingerprint density at radius 2 is 1.80 bits per heavy atom. The molecule has 0 spiro atoms. The smallest absolute Gasteiger partial charge is 0.248 e. The van der Waals surface area contributed by atoms with Crippen LogP contribution in [0.25, 0.3) is 6.08 Å². The first-order valence-electron chi connectivity index (χ1n) is 7.22. The number of amides is 1. The summed E-state index contributed by atoms with van der Waals surface area (Å²) >= 11 is 9.46. The first kappa shape index (κ1) is 19.1. The highest BCUT2D eigenvalue weighted by Gasteiger charge is 2.09. The second-order valence-electron chi connectivity index (χ2n) is 4.91. The van der Waals surface area contributed by atoms with Crippen LogP contribution in [0.4, 0.5) is 5.69 Å². The number of hydrogen-bond donors (Lipinski definition) is 1. The maximum absolute atomic E-state index is 12.1. The SMILES string of the molecule is COc1ccc(NC(=O)C=Cc2cc(Br)c(OC)c(OC)c2)cc1Cl. The molecule has 0 heterocycles. The third-order valence-corrected chi connectivity index (χ3v) is 4.19. The Balaban J connectivity index is 2.12. The first-order valence-corrected chi connectivity index (χ1v) is 8.39. The standard InChI is InChI=1S/C18H17BrClNO4/c1-23-15-6-5-12(10-14(15)20)21-17(22)7-4-11-8-13(19)18(25-3)16(9-11)24-2/h4-10H,1-3H3,(H,21,22). The Kier molecular flexibility index (Phi) is 6.73. The van der Waals surface area contributed by atoms with Gasteiger partial charge in [0, 0.05) is 11.8 Å². The van der Waals surface area contributed by atoms with Crippen molar-refractivity contribution in [1.82, 2.24) is 0 Å². The predicted molar refractivity (Wildman–Crippen MR) is 103 cm³/mol. The minimum Gasteiger partial charge on any atom is -0.495 e. The predicted octanol–water partition coefficient (Wildman–Crippen LogP) is 4.78. The van der Waals surface area contributed by atoms with Crippen LogP contribution in [-0.2, 0) is 4.79 Å². The molecule has 5 nitrogen and oxygen atoms in total. The molecule has 2 aromatic carbocycles. The van der Waals surface area contributed by atoms with Gasteiger partial charge >= 0.3 is 0 Å². The molecule has 0 unspecified atom stereocenters. The van der Waals surface area contributed by atoms with Crippen molar-refractivity contribution in [2.75, 3.05) is 26.6 Å². The van der Waals surface area contributed by atoms with Crippen molar-refractivity contribution in [3.05, 3.63) is 51.5 Å². The molecule has 0 aliphatic carbocycles. The Bertz CT molecular complexity index is 808. The molecule has 132 valence electrons. The Morgan fingerprint density at radius 1 is 1.08 bits per heavy atom. The minimum atomic E-state index is -0.285. The molecule has 2 rings (SSSR count). The number of halogens is 2. The van der Waals surface area contributed by atoms with Gasteiger partial charge in [-0.15, -0.1) is 0 Å². The van der Waals surface area contributed by atoms with Crippen LogP contribution in [0.2, 0.25) is 5.02 Å². The van der Waals surface area contributed by atoms with Gasteiger partial charge in [0.2, 0.25) is 5.91 Å². The van der Waals surface area contributed by atoms with E-state index in [1.165, 1.54) is 13.2 Å². The van der Waals surface area contributed by atoms with E-state index in [4.69, 9.17) is 25.8 Å². The molecule has 25 heavy (non-hydrogen) atoms. The molecule has 0 aliphatic rings. The van der Waals surface area contributed by atoms with Crippen molar-refractivity contribution in [2.24, 2.45) is 0 Å². The summed E-state index contributed by atoms with van der Waals surface area (Å²) in [7, 11) is 4.65. The molecular formula is C18H17BrClNO4. The zero-order chi connectivity index (χ0) is 18.4. The van der Waals surface area contributed by atoms with Crippen LogP contribution in [0.5, 0.6) is 17.2 Å². The number of ether oxygens (including phenoxy) is 3. The van der Waals surface area contributed by atoms with E-state index in [9.17, 15) is 4.79 Å². The van der Waals surface area contributed by atoms with E-state index in [0.717, 1.165) is 10.0 Å². The lowest BCUT2D eigenvalue weighted by atomic mass is 10.2. The number of rotatable bonds is 6. The summed E-state index contributed by atoms with van der Waals surface area (Å²) in [5.41, 5.74) is 1.36. The fraction of sp³-hybridized carbons (Fsp3) is 0.167. The maximum atomic E-state index is 12.1. The highest BCUT2D eigenvalue weighted by atomic mass is 79.9. The highest BCUT2D eigenvalue weighted by molar-refractivity contribution is 9.10. The zero-order valence-corrected chi connectivity index (χ0v) is 16.3. The molecule has 1 amide bonds. The van der Waals surface area contributed by atoms with Gasteiger partial charge in [0.05, 0.1) is 30.8 Å². The van der Waals surface area contributed by atoms with Crippen molar-refractivity contribution in [2.45, 2.75) is 0 Å². The van der Waals surface area contributed by atoms with Gasteiger partial charge in [0.15, 0.2) is 11.5 Å². The maximum Gasteiger partial charge on any atom is 0.248 e. The lowest BCUT2D eigenvalue weighted by Gasteiger charge is -2.10. The van der Waals surface area contributed by atoms with Crippen molar-refractivity contribution in [1.29, 1.82) is 0 Å². The molecule has 0 bridgehead atoms. The number of carbonyl (C=O) groups is 1. The van der Waals surface area contributed by atoms with Crippen molar-refractivity contribution in [3.63, 3.8) is 0 Å². The van der Waals surface area contributed by atoms with Crippen LogP contribution >= 0.6 is 27.5 Å². The first-order chi connectivity index (χ1) is 12.0. The third kappa shape index (κ3) is 4.90. The number of benzene rings is 2. The molecule has 1 N–H and O–H groups in total. The van der Waals surface area contributed by atoms with E-state index in [0.29, 0.717) is 28.0 Å². The Hall–Kier alpha value is -2.18. The van der Waals surface area contributed by atoms with Gasteiger partial charge in [0.1, 0.15) is 5.75 Å². The second kappa shape index (κ2) is 8.78. The Morgan fingerprint density at radius 3 is 2.40 bits per heavy atom. The molecule has 0 radical (unpaired) electrons. The zero-order valence-electron chi connectivity index (χ0n) is 13.9. The minimum absolute atomic E-state index is 0.285. The van der Waals surface area contributed by atoms with Gasteiger partial charge in [-0.1, -0.05) is 11.6 Å². The fourth-order valence-corrected chi connectivity index (χ4v) is 3.01. The highest BCUT2D eigenvalue weighted by Crippen LogP contribution is 2.36. The molecule has 0 atom stereocenters. The topological polar surface area (TPSA) is 56.8 Å². The summed E-state index contributed by atoms with van der Waals surface area (Å²) in [4.78, 5) is 12.1. The van der Waals surface area contributed by atoms with Gasteiger partial charge in [-0.25, -0.2) is 0 Å². The van der Waals surface area contributed by atoms with Crippen molar-refractivity contribution >= 4 is 45.2 Å². The van der Waals surface area contributed by atoms with Crippen LogP contribution in [0, 0.1) is 0 Å². The van der Waals surface area contributed by atoms with Gasteiger partial charge in [-0.05, 0) is 57.9 Å². The molecule has 0 aromatic heterocycles. The van der Waals surface area contributed by atoms with Crippen LogP contribution in [0.1, 0.15) is 5.56 Å². The largest absolute Gasteiger partial charge is 0.495 e. The normalized spacial score (nSPS) is 10.6. The number of methoxy groups -OCH3 is 3. The summed E-state index contributed by atoms with van der Waals surface area (Å²) in [5.74, 6) is 1.42. The summed E-state index contributed by atoms with van der Waals surface area (Å²) in [6, 6.07) is 8.63. The average molecular weight is 427 g/mol. The number of carbonyl (C=O) groups excluding carboxylic acids is 1. The second-order valence-corrected chi connectivity index (χ2v) is 6.17. The van der Waals surface area contributed by atoms with Gasteiger partial charge in [0.25, 0.3) is 0 Å². The van der Waals surface area contributed by atoms with Gasteiger partial charge in [-0.2, -0.15) is 0 Å². The van der Waals surface area contributed by atoms with Crippen LogP contribution in [0.15, 0.2) is 40.9 Å². The van der Waals surface area contributed by atoms with E-state index >= 15 is 0 Å². The molecular weight excluding hydrogens is 410 g/mol. The van der Waals surface area contributed by atoms with E-state index in [1.54, 1.807) is 44.6 Å². The van der Waals surface area contributed by atoms with Gasteiger partial charge < -0.3 is 19.5 Å². The van der Waals surface area contributed by atoms with Crippen LogP contribution < -0.4 is 19.5 Å². The monoisotopic (exact) mass is 425 g/mol. The van der Waals surface area contributed by atoms with Crippen LogP contribution in [0.3, 0.4) is 0 Å². The van der Waals surface area contributed by atoms with Crippen molar-refractivity contribution in [3.8, 4) is 17.2 Å². The fourth-order valence-electron chi connectivity index (χ4n) is 2.13. The summed E-state index contributed by atoms with van der Waals surface area (Å²) in [6.45, 7) is 0. The molecule has 7 heteroatoms. The molecule has 2 aromatic rings. The Labute approximate surface area is 159 Å². The van der Waals surface area contributed by atoms with E-state index < -0.39 is 0 Å². The summed E-state index contributed by atoms with van der Waals surface area (Å²) in [6.07, 6.45) is 3.10.